The summed E-state index contributed by atoms with van der Waals surface area (Å²) in [4.78, 5) is 0. The molecule has 0 heterocycles. The van der Waals surface area contributed by atoms with Crippen LogP contribution in [-0.2, 0) is 6.61 Å². The first kappa shape index (κ1) is 25.0. The van der Waals surface area contributed by atoms with E-state index >= 15 is 0 Å². The second kappa shape index (κ2) is 11.1. The average molecular weight is 493 g/mol. The Labute approximate surface area is 207 Å². The molecule has 36 heavy (non-hydrogen) atoms. The van der Waals surface area contributed by atoms with Crippen molar-refractivity contribution in [3.05, 3.63) is 120 Å². The summed E-state index contributed by atoms with van der Waals surface area (Å²) < 4.78 is 68.9. The fourth-order valence-corrected chi connectivity index (χ4v) is 3.66. The van der Waals surface area contributed by atoms with Crippen LogP contribution in [-0.4, -0.2) is 6.61 Å². The van der Waals surface area contributed by atoms with Gasteiger partial charge in [-0.05, 0) is 42.2 Å². The van der Waals surface area contributed by atoms with E-state index < -0.39 is 23.3 Å². The molecule has 4 aromatic carbocycles. The molecule has 0 fully saturated rings. The fourth-order valence-electron chi connectivity index (χ4n) is 3.66. The number of ether oxygens (including phenoxy) is 2. The van der Waals surface area contributed by atoms with Gasteiger partial charge in [0.1, 0.15) is 6.61 Å². The molecule has 0 saturated heterocycles. The van der Waals surface area contributed by atoms with Gasteiger partial charge in [-0.3, -0.25) is 0 Å². The van der Waals surface area contributed by atoms with Crippen LogP contribution in [0.3, 0.4) is 0 Å². The topological polar surface area (TPSA) is 18.5 Å². The summed E-state index contributed by atoms with van der Waals surface area (Å²) in [6.45, 7) is 5.61. The van der Waals surface area contributed by atoms with Crippen LogP contribution < -0.4 is 9.47 Å². The zero-order valence-corrected chi connectivity index (χ0v) is 19.7. The van der Waals surface area contributed by atoms with E-state index in [-0.39, 0.29) is 35.8 Å². The molecule has 2 nitrogen and oxygen atoms in total. The molecule has 0 aliphatic rings. The van der Waals surface area contributed by atoms with Gasteiger partial charge in [-0.2, -0.15) is 8.78 Å². The number of aryl methyl sites for hydroxylation is 1. The van der Waals surface area contributed by atoms with Gasteiger partial charge in [-0.1, -0.05) is 72.3 Å². The normalized spacial score (nSPS) is 10.8. The van der Waals surface area contributed by atoms with Crippen LogP contribution in [0.2, 0.25) is 0 Å². The highest BCUT2D eigenvalue weighted by Crippen LogP contribution is 2.32. The van der Waals surface area contributed by atoms with Gasteiger partial charge >= 0.3 is 0 Å². The number of halogens is 4. The van der Waals surface area contributed by atoms with Gasteiger partial charge in [0.15, 0.2) is 23.1 Å². The minimum Gasteiger partial charge on any atom is -0.490 e. The number of rotatable bonds is 9. The van der Waals surface area contributed by atoms with E-state index in [2.05, 4.69) is 6.58 Å². The number of hydrogen-bond donors (Lipinski definition) is 0. The zero-order valence-electron chi connectivity index (χ0n) is 19.7. The maximum Gasteiger partial charge on any atom is 0.204 e. The molecular weight excluding hydrogens is 468 g/mol. The SMILES string of the molecule is C=CCCOc1ccc(OCc2ccc(-c3ccc(-c4ccc(C)cc4)c(F)c3F)cc2)c(F)c1F. The molecule has 0 radical (unpaired) electrons. The molecule has 0 aliphatic carbocycles. The van der Waals surface area contributed by atoms with Crippen LogP contribution in [0.25, 0.3) is 22.3 Å². The smallest absolute Gasteiger partial charge is 0.204 e. The minimum absolute atomic E-state index is 0.0451. The van der Waals surface area contributed by atoms with Gasteiger partial charge in [0, 0.05) is 11.1 Å². The highest BCUT2D eigenvalue weighted by Gasteiger charge is 2.17. The van der Waals surface area contributed by atoms with Crippen molar-refractivity contribution in [2.45, 2.75) is 20.0 Å². The summed E-state index contributed by atoms with van der Waals surface area (Å²) >= 11 is 0. The number of hydrogen-bond acceptors (Lipinski definition) is 2. The van der Waals surface area contributed by atoms with Crippen molar-refractivity contribution in [3.8, 4) is 33.8 Å². The van der Waals surface area contributed by atoms with Crippen LogP contribution in [0.15, 0.2) is 85.5 Å². The molecule has 184 valence electrons. The summed E-state index contributed by atoms with van der Waals surface area (Å²) in [5.74, 6) is -4.59. The van der Waals surface area contributed by atoms with Gasteiger partial charge in [0.25, 0.3) is 0 Å². The Morgan fingerprint density at radius 3 is 1.67 bits per heavy atom. The van der Waals surface area contributed by atoms with Gasteiger partial charge in [0.05, 0.1) is 6.61 Å². The van der Waals surface area contributed by atoms with Crippen molar-refractivity contribution in [2.75, 3.05) is 6.61 Å². The Morgan fingerprint density at radius 2 is 1.14 bits per heavy atom. The van der Waals surface area contributed by atoms with Crippen molar-refractivity contribution in [2.24, 2.45) is 0 Å². The predicted molar refractivity (Wildman–Crippen MR) is 133 cm³/mol. The Kier molecular flexibility index (Phi) is 7.74. The molecule has 0 atom stereocenters. The lowest BCUT2D eigenvalue weighted by molar-refractivity contribution is 0.271. The third-order valence-electron chi connectivity index (χ3n) is 5.70. The molecule has 0 spiro atoms. The first-order valence-corrected chi connectivity index (χ1v) is 11.4. The van der Waals surface area contributed by atoms with Crippen molar-refractivity contribution in [1.82, 2.24) is 0 Å². The molecular formula is C30H24F4O2. The highest BCUT2D eigenvalue weighted by molar-refractivity contribution is 5.72. The molecule has 0 N–H and O–H groups in total. The Morgan fingerprint density at radius 1 is 0.639 bits per heavy atom. The largest absolute Gasteiger partial charge is 0.490 e. The van der Waals surface area contributed by atoms with Crippen molar-refractivity contribution in [1.29, 1.82) is 0 Å². The molecule has 0 aromatic heterocycles. The molecule has 0 aliphatic heterocycles. The van der Waals surface area contributed by atoms with Gasteiger partial charge in [-0.15, -0.1) is 6.58 Å². The van der Waals surface area contributed by atoms with Crippen molar-refractivity contribution < 1.29 is 27.0 Å². The second-order valence-corrected chi connectivity index (χ2v) is 8.26. The van der Waals surface area contributed by atoms with Crippen molar-refractivity contribution >= 4 is 0 Å². The maximum absolute atomic E-state index is 14.9. The lowest BCUT2D eigenvalue weighted by Crippen LogP contribution is -2.03. The van der Waals surface area contributed by atoms with Gasteiger partial charge in [0.2, 0.25) is 11.6 Å². The van der Waals surface area contributed by atoms with Crippen molar-refractivity contribution in [3.63, 3.8) is 0 Å². The lowest BCUT2D eigenvalue weighted by Gasteiger charge is -2.12. The number of benzene rings is 4. The standard InChI is InChI=1S/C30H24F4O2/c1-3-4-17-35-25-15-16-26(30(34)29(25)33)36-18-20-7-11-22(12-8-20)24-14-13-23(27(31)28(24)32)21-9-5-19(2)6-10-21/h3,5-16H,1,4,17-18H2,2H3. The predicted octanol–water partition coefficient (Wildman–Crippen LogP) is 8.42. The summed E-state index contributed by atoms with van der Waals surface area (Å²) in [6.07, 6.45) is 2.12. The molecule has 0 unspecified atom stereocenters. The quantitative estimate of drug-likeness (QED) is 0.133. The maximum atomic E-state index is 14.9. The third kappa shape index (κ3) is 5.43. The molecule has 0 amide bonds. The first-order chi connectivity index (χ1) is 17.4. The average Bonchev–Trinajstić information content (AvgIpc) is 2.89. The molecule has 0 bridgehead atoms. The molecule has 4 aromatic rings. The minimum atomic E-state index is -1.14. The van der Waals surface area contributed by atoms with Crippen LogP contribution in [0.4, 0.5) is 17.6 Å². The Hall–Kier alpha value is -4.06. The van der Waals surface area contributed by atoms with Crippen LogP contribution in [0.1, 0.15) is 17.5 Å². The van der Waals surface area contributed by atoms with E-state index in [9.17, 15) is 17.6 Å². The summed E-state index contributed by atoms with van der Waals surface area (Å²) in [5, 5.41) is 0. The van der Waals surface area contributed by atoms with Gasteiger partial charge < -0.3 is 9.47 Å². The van der Waals surface area contributed by atoms with E-state index in [1.54, 1.807) is 48.5 Å². The van der Waals surface area contributed by atoms with Crippen LogP contribution in [0.5, 0.6) is 11.5 Å². The zero-order chi connectivity index (χ0) is 25.7. The lowest BCUT2D eigenvalue weighted by atomic mass is 9.98. The monoisotopic (exact) mass is 492 g/mol. The molecule has 0 saturated carbocycles. The van der Waals surface area contributed by atoms with E-state index in [0.29, 0.717) is 23.1 Å². The van der Waals surface area contributed by atoms with E-state index in [0.717, 1.165) is 5.56 Å². The highest BCUT2D eigenvalue weighted by atomic mass is 19.2. The van der Waals surface area contributed by atoms with Crippen LogP contribution >= 0.6 is 0 Å². The molecule has 4 rings (SSSR count). The Bertz CT molecular complexity index is 1360. The van der Waals surface area contributed by atoms with Crippen LogP contribution in [0, 0.1) is 30.2 Å². The molecule has 6 heteroatoms. The van der Waals surface area contributed by atoms with E-state index in [4.69, 9.17) is 9.47 Å². The summed E-state index contributed by atoms with van der Waals surface area (Å²) in [6, 6.07) is 19.4. The third-order valence-corrected chi connectivity index (χ3v) is 5.70. The summed E-state index contributed by atoms with van der Waals surface area (Å²) in [5.41, 5.74) is 3.05. The van der Waals surface area contributed by atoms with E-state index in [1.165, 1.54) is 18.2 Å². The summed E-state index contributed by atoms with van der Waals surface area (Å²) in [7, 11) is 0. The van der Waals surface area contributed by atoms with Gasteiger partial charge in [-0.25, -0.2) is 8.78 Å². The second-order valence-electron chi connectivity index (χ2n) is 8.26. The first-order valence-electron chi connectivity index (χ1n) is 11.4. The fraction of sp³-hybridized carbons (Fsp3) is 0.133. The van der Waals surface area contributed by atoms with E-state index in [1.807, 2.05) is 19.1 Å². The Balaban J connectivity index is 1.46.